The Hall–Kier alpha value is -2.71. The fourth-order valence-corrected chi connectivity index (χ4v) is 7.80. The Labute approximate surface area is 191 Å². The smallest absolute Gasteiger partial charge is 0.324 e. The molecule has 5 fully saturated rings. The molecule has 33 heavy (non-hydrogen) atoms. The maximum absolute atomic E-state index is 13.8. The van der Waals surface area contributed by atoms with Crippen LogP contribution in [0.4, 0.5) is 0 Å². The van der Waals surface area contributed by atoms with Crippen LogP contribution in [0.5, 0.6) is 0 Å². The van der Waals surface area contributed by atoms with E-state index in [-0.39, 0.29) is 18.6 Å². The Morgan fingerprint density at radius 2 is 1.76 bits per heavy atom. The highest BCUT2D eigenvalue weighted by atomic mass is 16.6. The summed E-state index contributed by atoms with van der Waals surface area (Å²) in [5, 5.41) is 0. The normalized spacial score (nSPS) is 44.7. The molecule has 0 amide bonds. The van der Waals surface area contributed by atoms with Gasteiger partial charge in [-0.15, -0.1) is 0 Å². The first-order valence-corrected chi connectivity index (χ1v) is 11.3. The topological polar surface area (TPSA) is 122 Å². The van der Waals surface area contributed by atoms with Crippen molar-refractivity contribution in [1.29, 1.82) is 0 Å². The predicted molar refractivity (Wildman–Crippen MR) is 109 cm³/mol. The molecule has 2 saturated heterocycles. The Morgan fingerprint density at radius 1 is 1.09 bits per heavy atom. The molecule has 5 aliphatic rings. The fraction of sp³-hybridized carbons (Fsp3) is 0.708. The van der Waals surface area contributed by atoms with Gasteiger partial charge >= 0.3 is 23.9 Å². The van der Waals surface area contributed by atoms with Gasteiger partial charge in [0.05, 0.1) is 11.3 Å². The van der Waals surface area contributed by atoms with Crippen LogP contribution in [-0.2, 0) is 42.9 Å². The molecule has 8 atom stereocenters. The number of Topliss-reactive ketones (excluding diaryl/α,β-unsaturated/α-hetero) is 1. The summed E-state index contributed by atoms with van der Waals surface area (Å²) >= 11 is 0. The van der Waals surface area contributed by atoms with Gasteiger partial charge in [0, 0.05) is 25.7 Å². The van der Waals surface area contributed by atoms with Gasteiger partial charge in [-0.2, -0.15) is 0 Å². The first-order valence-electron chi connectivity index (χ1n) is 11.3. The number of ketones is 1. The van der Waals surface area contributed by atoms with E-state index in [1.807, 2.05) is 13.8 Å². The number of ether oxygens (including phenoxy) is 4. The van der Waals surface area contributed by atoms with Crippen LogP contribution >= 0.6 is 0 Å². The number of carbonyl (C=O) groups excluding carboxylic acids is 5. The van der Waals surface area contributed by atoms with Crippen LogP contribution < -0.4 is 0 Å². The lowest BCUT2D eigenvalue weighted by Crippen LogP contribution is -2.74. The van der Waals surface area contributed by atoms with Gasteiger partial charge in [0.15, 0.2) is 11.2 Å². The zero-order chi connectivity index (χ0) is 24.1. The monoisotopic (exact) mass is 460 g/mol. The van der Waals surface area contributed by atoms with Crippen molar-refractivity contribution < 1.29 is 42.9 Å². The molecule has 2 spiro atoms. The number of rotatable bonds is 2. The van der Waals surface area contributed by atoms with Crippen molar-refractivity contribution in [3.63, 3.8) is 0 Å². The van der Waals surface area contributed by atoms with E-state index in [4.69, 9.17) is 18.9 Å². The van der Waals surface area contributed by atoms with Crippen LogP contribution in [0.15, 0.2) is 12.2 Å². The summed E-state index contributed by atoms with van der Waals surface area (Å²) in [7, 11) is 0. The third-order valence-electron chi connectivity index (χ3n) is 8.72. The molecule has 5 rings (SSSR count). The average molecular weight is 460 g/mol. The lowest BCUT2D eigenvalue weighted by molar-refractivity contribution is -0.266. The Balaban J connectivity index is 1.80. The molecule has 0 aromatic carbocycles. The first-order chi connectivity index (χ1) is 15.4. The standard InChI is InChI=1S/C24H28O9/c1-10-13-8-14(31-11(2)25)16-23-9-30-20(28)17(23)22(4,5)7-6-15(23)33-21(29)24(16,18(10)27)19(13)32-12(3)26/h13-17,19H,1,6-9H2,2-5H3/t13-,14+,15-,16-,17+,19+,23-,24-/m0/s1. The van der Waals surface area contributed by atoms with E-state index < -0.39 is 82.0 Å². The third-order valence-corrected chi connectivity index (χ3v) is 8.72. The first kappa shape index (κ1) is 22.1. The molecule has 178 valence electrons. The van der Waals surface area contributed by atoms with Crippen molar-refractivity contribution in [3.05, 3.63) is 12.2 Å². The predicted octanol–water partition coefficient (Wildman–Crippen LogP) is 1.52. The van der Waals surface area contributed by atoms with Crippen LogP contribution in [0.3, 0.4) is 0 Å². The molecule has 2 bridgehead atoms. The summed E-state index contributed by atoms with van der Waals surface area (Å²) in [5.74, 6) is -5.36. The second kappa shape index (κ2) is 6.67. The van der Waals surface area contributed by atoms with Crippen molar-refractivity contribution in [2.24, 2.45) is 34.0 Å². The second-order valence-electron chi connectivity index (χ2n) is 10.8. The highest BCUT2D eigenvalue weighted by Crippen LogP contribution is 2.71. The maximum Gasteiger partial charge on any atom is 0.324 e. The summed E-state index contributed by atoms with van der Waals surface area (Å²) in [5.41, 5.74) is -3.41. The number of carbonyl (C=O) groups is 5. The second-order valence-corrected chi connectivity index (χ2v) is 10.8. The number of hydrogen-bond donors (Lipinski definition) is 0. The summed E-state index contributed by atoms with van der Waals surface area (Å²) in [6.07, 6.45) is -1.47. The molecule has 0 aromatic rings. The number of fused-ring (bicyclic) bond motifs is 1. The van der Waals surface area contributed by atoms with Crippen LogP contribution in [0.1, 0.15) is 47.0 Å². The molecule has 2 aliphatic heterocycles. The third kappa shape index (κ3) is 2.51. The molecule has 3 aliphatic carbocycles. The summed E-state index contributed by atoms with van der Waals surface area (Å²) in [4.78, 5) is 64.9. The summed E-state index contributed by atoms with van der Waals surface area (Å²) in [6.45, 7) is 10.2. The molecular formula is C24H28O9. The van der Waals surface area contributed by atoms with Gasteiger partial charge in [0.2, 0.25) is 0 Å². The van der Waals surface area contributed by atoms with Crippen molar-refractivity contribution >= 4 is 29.7 Å². The van der Waals surface area contributed by atoms with E-state index in [2.05, 4.69) is 6.58 Å². The highest BCUT2D eigenvalue weighted by Gasteiger charge is 2.84. The van der Waals surface area contributed by atoms with E-state index in [0.717, 1.165) is 0 Å². The van der Waals surface area contributed by atoms with Gasteiger partial charge < -0.3 is 18.9 Å². The average Bonchev–Trinajstić information content (AvgIpc) is 3.12. The van der Waals surface area contributed by atoms with E-state index in [1.165, 1.54) is 13.8 Å². The zero-order valence-electron chi connectivity index (χ0n) is 19.2. The van der Waals surface area contributed by atoms with Gasteiger partial charge in [0.25, 0.3) is 0 Å². The molecule has 2 heterocycles. The minimum Gasteiger partial charge on any atom is -0.465 e. The minimum absolute atomic E-state index is 0.0702. The van der Waals surface area contributed by atoms with Gasteiger partial charge in [0.1, 0.15) is 24.9 Å². The van der Waals surface area contributed by atoms with Crippen LogP contribution in [-0.4, -0.2) is 54.6 Å². The zero-order valence-corrected chi connectivity index (χ0v) is 19.2. The lowest BCUT2D eigenvalue weighted by Gasteiger charge is -2.62. The van der Waals surface area contributed by atoms with E-state index in [0.29, 0.717) is 12.8 Å². The van der Waals surface area contributed by atoms with Crippen LogP contribution in [0.2, 0.25) is 0 Å². The summed E-state index contributed by atoms with van der Waals surface area (Å²) < 4.78 is 22.9. The Kier molecular flexibility index (Phi) is 4.47. The Bertz CT molecular complexity index is 1010. The van der Waals surface area contributed by atoms with Gasteiger partial charge in [-0.3, -0.25) is 24.0 Å². The molecule has 9 heteroatoms. The van der Waals surface area contributed by atoms with E-state index in [1.54, 1.807) is 0 Å². The quantitative estimate of drug-likeness (QED) is 0.261. The highest BCUT2D eigenvalue weighted by molar-refractivity contribution is 6.17. The number of hydrogen-bond acceptors (Lipinski definition) is 9. The van der Waals surface area contributed by atoms with Crippen molar-refractivity contribution in [3.8, 4) is 0 Å². The van der Waals surface area contributed by atoms with Crippen molar-refractivity contribution in [1.82, 2.24) is 0 Å². The molecule has 0 unspecified atom stereocenters. The van der Waals surface area contributed by atoms with E-state index >= 15 is 0 Å². The number of esters is 4. The fourth-order valence-electron chi connectivity index (χ4n) is 7.80. The number of cyclic esters (lactones) is 1. The molecule has 9 nitrogen and oxygen atoms in total. The molecular weight excluding hydrogens is 432 g/mol. The minimum atomic E-state index is -1.94. The van der Waals surface area contributed by atoms with Gasteiger partial charge in [-0.25, -0.2) is 0 Å². The molecule has 0 radical (unpaired) electrons. The Morgan fingerprint density at radius 3 is 2.39 bits per heavy atom. The van der Waals surface area contributed by atoms with Gasteiger partial charge in [-0.1, -0.05) is 20.4 Å². The largest absolute Gasteiger partial charge is 0.465 e. The lowest BCUT2D eigenvalue weighted by atomic mass is 9.43. The summed E-state index contributed by atoms with van der Waals surface area (Å²) in [6, 6.07) is 0. The van der Waals surface area contributed by atoms with Gasteiger partial charge in [-0.05, 0) is 30.3 Å². The molecule has 3 saturated carbocycles. The van der Waals surface area contributed by atoms with Crippen LogP contribution in [0, 0.1) is 34.0 Å². The van der Waals surface area contributed by atoms with Crippen molar-refractivity contribution in [2.45, 2.75) is 65.3 Å². The van der Waals surface area contributed by atoms with Crippen molar-refractivity contribution in [2.75, 3.05) is 6.61 Å². The molecule has 0 N–H and O–H groups in total. The SMILES string of the molecule is C=C1C(=O)[C@@]23C(=O)O[C@H]4CCC(C)(C)[C@H]5C(=O)OC[C@@]45[C@@H]2[C@H](OC(C)=O)C[C@@H]1[C@H]3OC(C)=O. The van der Waals surface area contributed by atoms with Crippen LogP contribution in [0.25, 0.3) is 0 Å². The molecule has 0 aromatic heterocycles. The maximum atomic E-state index is 13.8. The van der Waals surface area contributed by atoms with E-state index in [9.17, 15) is 24.0 Å².